The van der Waals surface area contributed by atoms with Gasteiger partial charge in [-0.1, -0.05) is 13.8 Å². The molecule has 0 bridgehead atoms. The van der Waals surface area contributed by atoms with Gasteiger partial charge in [0, 0.05) is 16.2 Å². The van der Waals surface area contributed by atoms with E-state index in [0.717, 1.165) is 41.9 Å². The summed E-state index contributed by atoms with van der Waals surface area (Å²) in [5, 5.41) is 6.49. The summed E-state index contributed by atoms with van der Waals surface area (Å²) >= 11 is 3.08. The van der Waals surface area contributed by atoms with E-state index in [1.807, 2.05) is 5.38 Å². The zero-order valence-electron chi connectivity index (χ0n) is 14.7. The Bertz CT molecular complexity index is 792. The number of thiophene rings is 1. The Balaban J connectivity index is 1.78. The standard InChI is InChI=1S/C18H22N2O3S2/c1-10(2)16-19-11(9-24-16)8-14(21)20-17-15(18(22)23-3)12-6-4-5-7-13(12)25-17/h9-10H,4-8H2,1-3H3,(H,20,21). The fourth-order valence-corrected chi connectivity index (χ4v) is 5.10. The summed E-state index contributed by atoms with van der Waals surface area (Å²) in [5.41, 5.74) is 2.36. The number of rotatable bonds is 5. The second kappa shape index (κ2) is 7.66. The Morgan fingerprint density at radius 1 is 1.32 bits per heavy atom. The fourth-order valence-electron chi connectivity index (χ4n) is 2.98. The minimum Gasteiger partial charge on any atom is -0.465 e. The molecule has 0 aromatic carbocycles. The Labute approximate surface area is 155 Å². The van der Waals surface area contributed by atoms with Gasteiger partial charge in [-0.2, -0.15) is 0 Å². The first kappa shape index (κ1) is 18.1. The average Bonchev–Trinajstić information content (AvgIpc) is 3.18. The normalized spacial score (nSPS) is 13.6. The molecule has 25 heavy (non-hydrogen) atoms. The van der Waals surface area contributed by atoms with Crippen LogP contribution in [0.4, 0.5) is 5.00 Å². The fraction of sp³-hybridized carbons (Fsp3) is 0.500. The second-order valence-corrected chi connectivity index (χ2v) is 8.46. The number of hydrogen-bond donors (Lipinski definition) is 1. The first-order valence-electron chi connectivity index (χ1n) is 8.46. The monoisotopic (exact) mass is 378 g/mol. The lowest BCUT2D eigenvalue weighted by Gasteiger charge is -2.11. The molecule has 0 fully saturated rings. The Morgan fingerprint density at radius 2 is 2.08 bits per heavy atom. The van der Waals surface area contributed by atoms with Gasteiger partial charge in [-0.3, -0.25) is 4.79 Å². The van der Waals surface area contributed by atoms with E-state index in [1.54, 1.807) is 11.3 Å². The number of aryl methyl sites for hydroxylation is 1. The first-order chi connectivity index (χ1) is 12.0. The van der Waals surface area contributed by atoms with Crippen molar-refractivity contribution in [2.24, 2.45) is 0 Å². The summed E-state index contributed by atoms with van der Waals surface area (Å²) < 4.78 is 4.94. The number of esters is 1. The van der Waals surface area contributed by atoms with Gasteiger partial charge in [-0.05, 0) is 31.2 Å². The number of nitrogens with one attached hydrogen (secondary N) is 1. The van der Waals surface area contributed by atoms with E-state index in [2.05, 4.69) is 24.1 Å². The lowest BCUT2D eigenvalue weighted by Crippen LogP contribution is -2.17. The quantitative estimate of drug-likeness (QED) is 0.793. The third-order valence-corrected chi connectivity index (χ3v) is 6.62. The molecule has 5 nitrogen and oxygen atoms in total. The number of anilines is 1. The van der Waals surface area contributed by atoms with Gasteiger partial charge in [-0.25, -0.2) is 9.78 Å². The zero-order chi connectivity index (χ0) is 18.0. The highest BCUT2D eigenvalue weighted by Crippen LogP contribution is 2.38. The van der Waals surface area contributed by atoms with Gasteiger partial charge in [0.25, 0.3) is 0 Å². The van der Waals surface area contributed by atoms with Crippen LogP contribution < -0.4 is 5.32 Å². The number of methoxy groups -OCH3 is 1. The highest BCUT2D eigenvalue weighted by Gasteiger charge is 2.27. The third kappa shape index (κ3) is 3.93. The third-order valence-electron chi connectivity index (χ3n) is 4.22. The van der Waals surface area contributed by atoms with Crippen LogP contribution in [0.2, 0.25) is 0 Å². The van der Waals surface area contributed by atoms with E-state index in [1.165, 1.54) is 23.3 Å². The predicted molar refractivity (Wildman–Crippen MR) is 101 cm³/mol. The van der Waals surface area contributed by atoms with Gasteiger partial charge < -0.3 is 10.1 Å². The maximum absolute atomic E-state index is 12.4. The number of nitrogens with zero attached hydrogens (tertiary/aromatic N) is 1. The summed E-state index contributed by atoms with van der Waals surface area (Å²) in [6, 6.07) is 0. The van der Waals surface area contributed by atoms with Crippen LogP contribution in [0.15, 0.2) is 5.38 Å². The van der Waals surface area contributed by atoms with Crippen molar-refractivity contribution >= 4 is 39.6 Å². The van der Waals surface area contributed by atoms with Crippen LogP contribution >= 0.6 is 22.7 Å². The molecular weight excluding hydrogens is 356 g/mol. The summed E-state index contributed by atoms with van der Waals surface area (Å²) in [7, 11) is 1.38. The van der Waals surface area contributed by atoms with Gasteiger partial charge in [-0.15, -0.1) is 22.7 Å². The number of hydrogen-bond acceptors (Lipinski definition) is 6. The Hall–Kier alpha value is -1.73. The SMILES string of the molecule is COC(=O)c1c(NC(=O)Cc2csc(C(C)C)n2)sc2c1CCCC2. The summed E-state index contributed by atoms with van der Waals surface area (Å²) in [4.78, 5) is 30.3. The van der Waals surface area contributed by atoms with Crippen molar-refractivity contribution in [3.63, 3.8) is 0 Å². The van der Waals surface area contributed by atoms with E-state index < -0.39 is 0 Å². The molecule has 1 aliphatic rings. The summed E-state index contributed by atoms with van der Waals surface area (Å²) in [5.74, 6) is -0.161. The molecule has 2 aromatic heterocycles. The maximum Gasteiger partial charge on any atom is 0.341 e. The van der Waals surface area contributed by atoms with Gasteiger partial charge in [0.1, 0.15) is 5.00 Å². The Kier molecular flexibility index (Phi) is 5.54. The van der Waals surface area contributed by atoms with Crippen molar-refractivity contribution in [1.29, 1.82) is 0 Å². The van der Waals surface area contributed by atoms with Crippen LogP contribution in [0.1, 0.15) is 64.1 Å². The molecule has 134 valence electrons. The molecule has 1 N–H and O–H groups in total. The van der Waals surface area contributed by atoms with E-state index in [9.17, 15) is 9.59 Å². The number of thiazole rings is 1. The predicted octanol–water partition coefficient (Wildman–Crippen LogP) is 4.17. The van der Waals surface area contributed by atoms with Gasteiger partial charge in [0.2, 0.25) is 5.91 Å². The molecule has 0 saturated carbocycles. The van der Waals surface area contributed by atoms with Crippen molar-refractivity contribution in [2.75, 3.05) is 12.4 Å². The van der Waals surface area contributed by atoms with Gasteiger partial charge in [0.05, 0.1) is 29.8 Å². The number of carbonyl (C=O) groups is 2. The smallest absolute Gasteiger partial charge is 0.341 e. The van der Waals surface area contributed by atoms with Crippen LogP contribution in [0.3, 0.4) is 0 Å². The molecule has 2 heterocycles. The highest BCUT2D eigenvalue weighted by atomic mass is 32.1. The molecule has 0 aliphatic heterocycles. The lowest BCUT2D eigenvalue weighted by atomic mass is 9.95. The molecule has 0 spiro atoms. The number of amides is 1. The van der Waals surface area contributed by atoms with Gasteiger partial charge in [0.15, 0.2) is 0 Å². The maximum atomic E-state index is 12.4. The van der Waals surface area contributed by atoms with Crippen molar-refractivity contribution in [1.82, 2.24) is 4.98 Å². The number of aromatic nitrogens is 1. The molecule has 0 atom stereocenters. The average molecular weight is 379 g/mol. The number of fused-ring (bicyclic) bond motifs is 1. The van der Waals surface area contributed by atoms with E-state index in [4.69, 9.17) is 4.74 Å². The summed E-state index contributed by atoms with van der Waals surface area (Å²) in [6.07, 6.45) is 4.24. The number of ether oxygens (including phenoxy) is 1. The minimum absolute atomic E-state index is 0.149. The molecule has 0 saturated heterocycles. The molecule has 1 amide bonds. The van der Waals surface area contributed by atoms with E-state index >= 15 is 0 Å². The van der Waals surface area contributed by atoms with Crippen LogP contribution in [-0.2, 0) is 28.8 Å². The molecule has 7 heteroatoms. The molecule has 2 aromatic rings. The van der Waals surface area contributed by atoms with Crippen LogP contribution in [0, 0.1) is 0 Å². The van der Waals surface area contributed by atoms with Crippen LogP contribution in [0.25, 0.3) is 0 Å². The molecule has 3 rings (SSSR count). The largest absolute Gasteiger partial charge is 0.465 e. The van der Waals surface area contributed by atoms with Crippen molar-refractivity contribution in [3.8, 4) is 0 Å². The topological polar surface area (TPSA) is 68.3 Å². The number of carbonyl (C=O) groups excluding carboxylic acids is 2. The van der Waals surface area contributed by atoms with Crippen molar-refractivity contribution in [3.05, 3.63) is 32.1 Å². The van der Waals surface area contributed by atoms with Gasteiger partial charge >= 0.3 is 5.97 Å². The van der Waals surface area contributed by atoms with Crippen molar-refractivity contribution in [2.45, 2.75) is 51.9 Å². The first-order valence-corrected chi connectivity index (χ1v) is 10.2. The molecule has 0 radical (unpaired) electrons. The second-order valence-electron chi connectivity index (χ2n) is 6.46. The summed E-state index contributed by atoms with van der Waals surface area (Å²) in [6.45, 7) is 4.17. The van der Waals surface area contributed by atoms with Crippen LogP contribution in [-0.4, -0.2) is 24.0 Å². The zero-order valence-corrected chi connectivity index (χ0v) is 16.3. The highest BCUT2D eigenvalue weighted by molar-refractivity contribution is 7.17. The van der Waals surface area contributed by atoms with Crippen molar-refractivity contribution < 1.29 is 14.3 Å². The minimum atomic E-state index is -0.370. The molecule has 0 unspecified atom stereocenters. The van der Waals surface area contributed by atoms with E-state index in [0.29, 0.717) is 16.5 Å². The Morgan fingerprint density at radius 3 is 2.76 bits per heavy atom. The van der Waals surface area contributed by atoms with Crippen LogP contribution in [0.5, 0.6) is 0 Å². The molecular formula is C18H22N2O3S2. The van der Waals surface area contributed by atoms with E-state index in [-0.39, 0.29) is 18.3 Å². The molecule has 1 aliphatic carbocycles. The lowest BCUT2D eigenvalue weighted by molar-refractivity contribution is -0.115.